The SMILES string of the molecule is Cc1nc(C)c(C(=O)N(CCN2CCOCC2)c2nc3c(F)cccc3s2)s1. The van der Waals surface area contributed by atoms with Crippen LogP contribution in [0.1, 0.15) is 20.4 Å². The molecule has 0 bridgehead atoms. The topological polar surface area (TPSA) is 58.6 Å². The summed E-state index contributed by atoms with van der Waals surface area (Å²) >= 11 is 2.72. The van der Waals surface area contributed by atoms with E-state index >= 15 is 0 Å². The van der Waals surface area contributed by atoms with Gasteiger partial charge in [-0.25, -0.2) is 14.4 Å². The maximum atomic E-state index is 14.1. The van der Waals surface area contributed by atoms with E-state index in [0.29, 0.717) is 41.8 Å². The normalized spacial score (nSPS) is 15.2. The fourth-order valence-electron chi connectivity index (χ4n) is 3.22. The number of ether oxygens (including phenoxy) is 1. The van der Waals surface area contributed by atoms with Gasteiger partial charge in [0.25, 0.3) is 5.91 Å². The van der Waals surface area contributed by atoms with E-state index in [9.17, 15) is 9.18 Å². The van der Waals surface area contributed by atoms with Gasteiger partial charge in [-0.05, 0) is 26.0 Å². The van der Waals surface area contributed by atoms with Crippen molar-refractivity contribution in [3.8, 4) is 0 Å². The molecule has 2 aromatic heterocycles. The molecule has 1 fully saturated rings. The lowest BCUT2D eigenvalue weighted by Gasteiger charge is -2.29. The summed E-state index contributed by atoms with van der Waals surface area (Å²) in [4.78, 5) is 26.7. The van der Waals surface area contributed by atoms with Crippen LogP contribution in [-0.2, 0) is 4.74 Å². The molecule has 0 unspecified atom stereocenters. The number of thiazole rings is 2. The van der Waals surface area contributed by atoms with Crippen molar-refractivity contribution in [2.75, 3.05) is 44.3 Å². The number of carbonyl (C=O) groups is 1. The number of aromatic nitrogens is 2. The summed E-state index contributed by atoms with van der Waals surface area (Å²) in [5, 5.41) is 1.37. The van der Waals surface area contributed by atoms with Crippen molar-refractivity contribution in [2.24, 2.45) is 0 Å². The van der Waals surface area contributed by atoms with Gasteiger partial charge in [-0.1, -0.05) is 17.4 Å². The van der Waals surface area contributed by atoms with E-state index in [4.69, 9.17) is 4.74 Å². The molecule has 28 heavy (non-hydrogen) atoms. The molecule has 0 aliphatic carbocycles. The Morgan fingerprint density at radius 1 is 1.25 bits per heavy atom. The van der Waals surface area contributed by atoms with Gasteiger partial charge >= 0.3 is 0 Å². The molecular weight excluding hydrogens is 399 g/mol. The number of aryl methyl sites for hydroxylation is 2. The Balaban J connectivity index is 1.66. The molecule has 0 atom stereocenters. The maximum absolute atomic E-state index is 14.1. The van der Waals surface area contributed by atoms with Crippen LogP contribution in [0, 0.1) is 19.7 Å². The van der Waals surface area contributed by atoms with Crippen LogP contribution in [0.5, 0.6) is 0 Å². The van der Waals surface area contributed by atoms with Crippen LogP contribution in [-0.4, -0.2) is 60.2 Å². The van der Waals surface area contributed by atoms with Gasteiger partial charge in [0.1, 0.15) is 16.2 Å². The molecule has 3 heterocycles. The third kappa shape index (κ3) is 3.93. The molecular formula is C19H21FN4O2S2. The molecule has 0 saturated carbocycles. The number of benzene rings is 1. The first-order chi connectivity index (χ1) is 13.5. The molecule has 1 saturated heterocycles. The van der Waals surface area contributed by atoms with Gasteiger partial charge in [-0.2, -0.15) is 0 Å². The van der Waals surface area contributed by atoms with Crippen LogP contribution >= 0.6 is 22.7 Å². The highest BCUT2D eigenvalue weighted by Crippen LogP contribution is 2.32. The van der Waals surface area contributed by atoms with Crippen LogP contribution in [0.15, 0.2) is 18.2 Å². The number of halogens is 1. The smallest absolute Gasteiger partial charge is 0.272 e. The minimum absolute atomic E-state index is 0.129. The number of morpholine rings is 1. The average Bonchev–Trinajstić information content (AvgIpc) is 3.26. The van der Waals surface area contributed by atoms with E-state index in [1.807, 2.05) is 19.9 Å². The zero-order valence-electron chi connectivity index (χ0n) is 15.8. The zero-order chi connectivity index (χ0) is 19.7. The molecule has 1 aliphatic heterocycles. The fourth-order valence-corrected chi connectivity index (χ4v) is 5.09. The largest absolute Gasteiger partial charge is 0.379 e. The summed E-state index contributed by atoms with van der Waals surface area (Å²) in [5.41, 5.74) is 1.03. The van der Waals surface area contributed by atoms with E-state index in [-0.39, 0.29) is 11.7 Å². The molecule has 9 heteroatoms. The van der Waals surface area contributed by atoms with E-state index in [1.54, 1.807) is 11.0 Å². The van der Waals surface area contributed by atoms with Crippen molar-refractivity contribution in [3.63, 3.8) is 0 Å². The summed E-state index contributed by atoms with van der Waals surface area (Å²) in [7, 11) is 0. The van der Waals surface area contributed by atoms with Crippen LogP contribution in [0.4, 0.5) is 9.52 Å². The fraction of sp³-hybridized carbons (Fsp3) is 0.421. The number of anilines is 1. The summed E-state index contributed by atoms with van der Waals surface area (Å²) < 4.78 is 20.3. The van der Waals surface area contributed by atoms with Crippen LogP contribution in [0.2, 0.25) is 0 Å². The molecule has 0 radical (unpaired) electrons. The number of amides is 1. The summed E-state index contributed by atoms with van der Waals surface area (Å²) in [6, 6.07) is 4.88. The lowest BCUT2D eigenvalue weighted by Crippen LogP contribution is -2.43. The maximum Gasteiger partial charge on any atom is 0.272 e. The Bertz CT molecular complexity index is 997. The Labute approximate surface area is 170 Å². The number of carbonyl (C=O) groups excluding carboxylic acids is 1. The first-order valence-corrected chi connectivity index (χ1v) is 10.8. The third-order valence-corrected chi connectivity index (χ3v) is 6.78. The standard InChI is InChI=1S/C19H21FN4O2S2/c1-12-17(27-13(2)21-12)18(25)24(7-6-23-8-10-26-11-9-23)19-22-16-14(20)4-3-5-15(16)28-19/h3-5H,6-11H2,1-2H3. The lowest BCUT2D eigenvalue weighted by molar-refractivity contribution is 0.0391. The Morgan fingerprint density at radius 2 is 2.04 bits per heavy atom. The first kappa shape index (κ1) is 19.4. The highest BCUT2D eigenvalue weighted by Gasteiger charge is 2.26. The predicted octanol–water partition coefficient (Wildman–Crippen LogP) is 3.49. The number of hydrogen-bond acceptors (Lipinski definition) is 7. The Morgan fingerprint density at radius 3 is 2.71 bits per heavy atom. The number of rotatable bonds is 5. The van der Waals surface area contributed by atoms with Crippen molar-refractivity contribution in [2.45, 2.75) is 13.8 Å². The highest BCUT2D eigenvalue weighted by atomic mass is 32.1. The van der Waals surface area contributed by atoms with E-state index in [2.05, 4.69) is 14.9 Å². The number of nitrogens with zero attached hydrogens (tertiary/aromatic N) is 4. The average molecular weight is 421 g/mol. The van der Waals surface area contributed by atoms with Crippen molar-refractivity contribution in [3.05, 3.63) is 39.6 Å². The van der Waals surface area contributed by atoms with Crippen LogP contribution in [0.3, 0.4) is 0 Å². The summed E-state index contributed by atoms with van der Waals surface area (Å²) in [6.45, 7) is 8.01. The van der Waals surface area contributed by atoms with Gasteiger partial charge < -0.3 is 4.74 Å². The summed E-state index contributed by atoms with van der Waals surface area (Å²) in [5.74, 6) is -0.499. The molecule has 148 valence electrons. The molecule has 0 N–H and O–H groups in total. The Hall–Kier alpha value is -1.94. The molecule has 4 rings (SSSR count). The second-order valence-electron chi connectivity index (χ2n) is 6.64. The van der Waals surface area contributed by atoms with Gasteiger partial charge in [0.15, 0.2) is 5.13 Å². The molecule has 0 spiro atoms. The predicted molar refractivity (Wildman–Crippen MR) is 110 cm³/mol. The molecule has 1 aliphatic rings. The lowest BCUT2D eigenvalue weighted by atomic mass is 10.3. The van der Waals surface area contributed by atoms with Crippen molar-refractivity contribution < 1.29 is 13.9 Å². The Kier molecular flexibility index (Phi) is 5.68. The molecule has 1 amide bonds. The third-order valence-electron chi connectivity index (χ3n) is 4.68. The van der Waals surface area contributed by atoms with E-state index in [0.717, 1.165) is 28.5 Å². The monoisotopic (exact) mass is 420 g/mol. The number of para-hydroxylation sites is 1. The minimum atomic E-state index is -0.370. The van der Waals surface area contributed by atoms with Gasteiger partial charge in [0.2, 0.25) is 0 Å². The minimum Gasteiger partial charge on any atom is -0.379 e. The number of hydrogen-bond donors (Lipinski definition) is 0. The van der Waals surface area contributed by atoms with Gasteiger partial charge in [-0.15, -0.1) is 11.3 Å². The van der Waals surface area contributed by atoms with E-state index in [1.165, 1.54) is 28.7 Å². The molecule has 1 aromatic carbocycles. The van der Waals surface area contributed by atoms with Crippen LogP contribution < -0.4 is 4.90 Å². The number of fused-ring (bicyclic) bond motifs is 1. The van der Waals surface area contributed by atoms with Gasteiger partial charge in [-0.3, -0.25) is 14.6 Å². The van der Waals surface area contributed by atoms with E-state index < -0.39 is 0 Å². The van der Waals surface area contributed by atoms with Crippen molar-refractivity contribution in [1.29, 1.82) is 0 Å². The zero-order valence-corrected chi connectivity index (χ0v) is 17.4. The van der Waals surface area contributed by atoms with Gasteiger partial charge in [0, 0.05) is 26.2 Å². The van der Waals surface area contributed by atoms with Crippen molar-refractivity contribution >= 4 is 43.9 Å². The van der Waals surface area contributed by atoms with Gasteiger partial charge in [0.05, 0.1) is 28.6 Å². The van der Waals surface area contributed by atoms with Crippen molar-refractivity contribution in [1.82, 2.24) is 14.9 Å². The first-order valence-electron chi connectivity index (χ1n) is 9.14. The highest BCUT2D eigenvalue weighted by molar-refractivity contribution is 7.22. The second kappa shape index (κ2) is 8.20. The summed E-state index contributed by atoms with van der Waals surface area (Å²) in [6.07, 6.45) is 0. The van der Waals surface area contributed by atoms with Crippen LogP contribution in [0.25, 0.3) is 10.2 Å². The quantitative estimate of drug-likeness (QED) is 0.632. The molecule has 6 nitrogen and oxygen atoms in total. The second-order valence-corrected chi connectivity index (χ2v) is 8.85. The molecule has 3 aromatic rings.